The Bertz CT molecular complexity index is 188. The number of ether oxygens (including phenoxy) is 1. The lowest BCUT2D eigenvalue weighted by Crippen LogP contribution is -2.24. The molecule has 2 atom stereocenters. The molecule has 12 heavy (non-hydrogen) atoms. The summed E-state index contributed by atoms with van der Waals surface area (Å²) in [5.74, 6) is -1.15. The van der Waals surface area contributed by atoms with Crippen molar-refractivity contribution in [2.75, 3.05) is 12.5 Å². The third kappa shape index (κ3) is 3.10. The van der Waals surface area contributed by atoms with Crippen LogP contribution in [-0.4, -0.2) is 18.5 Å². The van der Waals surface area contributed by atoms with Crippen LogP contribution in [0.15, 0.2) is 0 Å². The summed E-state index contributed by atoms with van der Waals surface area (Å²) in [5, 5.41) is 8.54. The lowest BCUT2D eigenvalue weighted by Gasteiger charge is -2.13. The van der Waals surface area contributed by atoms with Crippen molar-refractivity contribution in [3.05, 3.63) is 0 Å². The molecule has 0 aromatic rings. The van der Waals surface area contributed by atoms with E-state index >= 15 is 0 Å². The van der Waals surface area contributed by atoms with E-state index in [1.54, 1.807) is 13.8 Å². The van der Waals surface area contributed by atoms with Gasteiger partial charge in [0.25, 0.3) is 0 Å². The molecule has 0 saturated carbocycles. The van der Waals surface area contributed by atoms with Crippen molar-refractivity contribution in [2.45, 2.75) is 13.8 Å². The summed E-state index contributed by atoms with van der Waals surface area (Å²) < 4.78 is 4.74. The topological polar surface area (TPSA) is 50.1 Å². The Labute approximate surface area is 77.3 Å². The number of halogens is 1. The average molecular weight is 190 g/mol. The highest BCUT2D eigenvalue weighted by molar-refractivity contribution is 6.19. The zero-order valence-electron chi connectivity index (χ0n) is 7.21. The van der Waals surface area contributed by atoms with Gasteiger partial charge < -0.3 is 4.74 Å². The lowest BCUT2D eigenvalue weighted by molar-refractivity contribution is -0.148. The first kappa shape index (κ1) is 11.2. The van der Waals surface area contributed by atoms with Crippen LogP contribution < -0.4 is 0 Å². The fourth-order valence-corrected chi connectivity index (χ4v) is 1.13. The van der Waals surface area contributed by atoms with Crippen molar-refractivity contribution in [1.82, 2.24) is 0 Å². The first-order valence-corrected chi connectivity index (χ1v) is 4.33. The molecule has 0 amide bonds. The second-order valence-corrected chi connectivity index (χ2v) is 2.74. The van der Waals surface area contributed by atoms with Gasteiger partial charge in [0.05, 0.1) is 24.5 Å². The third-order valence-corrected chi connectivity index (χ3v) is 1.90. The Balaban J connectivity index is 4.16. The summed E-state index contributed by atoms with van der Waals surface area (Å²) in [6, 6.07) is 1.97. The highest BCUT2D eigenvalue weighted by Gasteiger charge is 2.25. The maximum atomic E-state index is 11.1. The van der Waals surface area contributed by atoms with Crippen molar-refractivity contribution >= 4 is 17.6 Å². The van der Waals surface area contributed by atoms with Gasteiger partial charge in [0, 0.05) is 5.88 Å². The van der Waals surface area contributed by atoms with Crippen LogP contribution in [0.2, 0.25) is 0 Å². The van der Waals surface area contributed by atoms with Crippen molar-refractivity contribution in [3.63, 3.8) is 0 Å². The molecule has 0 aromatic heterocycles. The van der Waals surface area contributed by atoms with Crippen LogP contribution in [0.1, 0.15) is 13.8 Å². The van der Waals surface area contributed by atoms with Crippen LogP contribution in [0.3, 0.4) is 0 Å². The van der Waals surface area contributed by atoms with E-state index in [-0.39, 0.29) is 17.8 Å². The van der Waals surface area contributed by atoms with Gasteiger partial charge in [-0.2, -0.15) is 5.26 Å². The van der Waals surface area contributed by atoms with Crippen molar-refractivity contribution < 1.29 is 9.53 Å². The minimum absolute atomic E-state index is 0.133. The van der Waals surface area contributed by atoms with Gasteiger partial charge >= 0.3 is 5.97 Å². The van der Waals surface area contributed by atoms with E-state index in [0.717, 1.165) is 0 Å². The van der Waals surface area contributed by atoms with E-state index in [4.69, 9.17) is 21.6 Å². The van der Waals surface area contributed by atoms with Gasteiger partial charge in [-0.25, -0.2) is 0 Å². The first-order chi connectivity index (χ1) is 5.67. The molecule has 0 N–H and O–H groups in total. The minimum Gasteiger partial charge on any atom is -0.466 e. The third-order valence-electron chi connectivity index (χ3n) is 1.56. The van der Waals surface area contributed by atoms with Crippen molar-refractivity contribution in [3.8, 4) is 6.07 Å². The maximum absolute atomic E-state index is 11.1. The molecule has 0 fully saturated rings. The number of nitrogens with zero attached hydrogens (tertiary/aromatic N) is 1. The van der Waals surface area contributed by atoms with Crippen LogP contribution in [0, 0.1) is 23.2 Å². The molecule has 0 aromatic carbocycles. The van der Waals surface area contributed by atoms with Crippen LogP contribution in [0.25, 0.3) is 0 Å². The number of carbonyl (C=O) groups excluding carboxylic acids is 1. The molecular formula is C8H12ClNO2. The van der Waals surface area contributed by atoms with E-state index in [1.807, 2.05) is 6.07 Å². The van der Waals surface area contributed by atoms with E-state index in [9.17, 15) is 4.79 Å². The van der Waals surface area contributed by atoms with Gasteiger partial charge in [-0.05, 0) is 13.8 Å². The summed E-state index contributed by atoms with van der Waals surface area (Å²) >= 11 is 5.52. The Morgan fingerprint density at radius 1 is 1.75 bits per heavy atom. The SMILES string of the molecule is CCOC(=O)C(CCl)C(C)C#N. The quantitative estimate of drug-likeness (QED) is 0.498. The fourth-order valence-electron chi connectivity index (χ4n) is 0.740. The van der Waals surface area contributed by atoms with E-state index in [1.165, 1.54) is 0 Å². The Morgan fingerprint density at radius 2 is 2.33 bits per heavy atom. The van der Waals surface area contributed by atoms with Crippen LogP contribution >= 0.6 is 11.6 Å². The number of hydrogen-bond acceptors (Lipinski definition) is 3. The van der Waals surface area contributed by atoms with Crippen LogP contribution in [0.4, 0.5) is 0 Å². The maximum Gasteiger partial charge on any atom is 0.311 e. The number of nitriles is 1. The second kappa shape index (κ2) is 5.84. The summed E-state index contributed by atoms with van der Waals surface area (Å²) in [5.41, 5.74) is 0. The molecule has 0 rings (SSSR count). The molecule has 0 heterocycles. The molecule has 0 radical (unpaired) electrons. The number of hydrogen-bond donors (Lipinski definition) is 0. The zero-order chi connectivity index (χ0) is 9.56. The smallest absolute Gasteiger partial charge is 0.311 e. The highest BCUT2D eigenvalue weighted by atomic mass is 35.5. The molecule has 0 aliphatic carbocycles. The molecule has 0 aliphatic heterocycles. The standard InChI is InChI=1S/C8H12ClNO2/c1-3-12-8(11)7(4-9)6(2)5-10/h6-7H,3-4H2,1-2H3. The fraction of sp³-hybridized carbons (Fsp3) is 0.750. The Hall–Kier alpha value is -0.750. The monoisotopic (exact) mass is 189 g/mol. The van der Waals surface area contributed by atoms with Crippen LogP contribution in [0.5, 0.6) is 0 Å². The molecular weight excluding hydrogens is 178 g/mol. The number of esters is 1. The molecule has 0 saturated heterocycles. The van der Waals surface area contributed by atoms with E-state index in [0.29, 0.717) is 6.61 Å². The summed E-state index contributed by atoms with van der Waals surface area (Å²) in [4.78, 5) is 11.1. The average Bonchev–Trinajstić information content (AvgIpc) is 2.06. The normalized spacial score (nSPS) is 14.5. The number of carbonyl (C=O) groups is 1. The number of rotatable bonds is 4. The lowest BCUT2D eigenvalue weighted by atomic mass is 9.98. The molecule has 68 valence electrons. The predicted molar refractivity (Wildman–Crippen MR) is 45.6 cm³/mol. The van der Waals surface area contributed by atoms with Gasteiger partial charge in [0.2, 0.25) is 0 Å². The van der Waals surface area contributed by atoms with Crippen molar-refractivity contribution in [2.24, 2.45) is 11.8 Å². The van der Waals surface area contributed by atoms with Gasteiger partial charge in [-0.3, -0.25) is 4.79 Å². The molecule has 2 unspecified atom stereocenters. The van der Waals surface area contributed by atoms with Gasteiger partial charge in [0.15, 0.2) is 0 Å². The van der Waals surface area contributed by atoms with Crippen molar-refractivity contribution in [1.29, 1.82) is 5.26 Å². The molecule has 3 nitrogen and oxygen atoms in total. The Morgan fingerprint density at radius 3 is 2.67 bits per heavy atom. The zero-order valence-corrected chi connectivity index (χ0v) is 7.97. The highest BCUT2D eigenvalue weighted by Crippen LogP contribution is 2.14. The van der Waals surface area contributed by atoms with Gasteiger partial charge in [-0.1, -0.05) is 0 Å². The van der Waals surface area contributed by atoms with Gasteiger partial charge in [-0.15, -0.1) is 11.6 Å². The molecule has 0 aliphatic rings. The van der Waals surface area contributed by atoms with E-state index in [2.05, 4.69) is 0 Å². The second-order valence-electron chi connectivity index (χ2n) is 2.43. The summed E-state index contributed by atoms with van der Waals surface area (Å²) in [7, 11) is 0. The minimum atomic E-state index is -0.503. The largest absolute Gasteiger partial charge is 0.466 e. The van der Waals surface area contributed by atoms with E-state index < -0.39 is 5.92 Å². The van der Waals surface area contributed by atoms with Gasteiger partial charge in [0.1, 0.15) is 0 Å². The summed E-state index contributed by atoms with van der Waals surface area (Å²) in [6.07, 6.45) is 0. The Kier molecular flexibility index (Phi) is 5.48. The number of alkyl halides is 1. The van der Waals surface area contributed by atoms with Crippen LogP contribution in [-0.2, 0) is 9.53 Å². The summed E-state index contributed by atoms with van der Waals surface area (Å²) in [6.45, 7) is 3.70. The molecule has 4 heteroatoms. The molecule has 0 bridgehead atoms. The predicted octanol–water partition coefficient (Wildman–Crippen LogP) is 1.56. The molecule has 0 spiro atoms. The first-order valence-electron chi connectivity index (χ1n) is 3.79.